The van der Waals surface area contributed by atoms with Crippen LogP contribution >= 0.6 is 0 Å². The molecule has 0 amide bonds. The molecule has 3 heterocycles. The molecule has 0 spiro atoms. The first-order chi connectivity index (χ1) is 27.9. The predicted molar refractivity (Wildman–Crippen MR) is 240 cm³/mol. The zero-order valence-corrected chi connectivity index (χ0v) is 32.4. The lowest BCUT2D eigenvalue weighted by Gasteiger charge is -2.20. The molecule has 8 aromatic carbocycles. The highest BCUT2D eigenvalue weighted by atomic mass is 19.1. The highest BCUT2D eigenvalue weighted by Gasteiger charge is 2.52. The van der Waals surface area contributed by atoms with Crippen molar-refractivity contribution in [3.8, 4) is 22.4 Å². The first-order valence-electron chi connectivity index (χ1n) is 19.8. The maximum atomic E-state index is 18.7. The first-order valence-corrected chi connectivity index (χ1v) is 19.8. The number of allylic oxidation sites excluding steroid dienone is 2. The van der Waals surface area contributed by atoms with Gasteiger partial charge in [-0.25, -0.2) is 8.80 Å². The molecule has 0 fully saturated rings. The summed E-state index contributed by atoms with van der Waals surface area (Å²) in [5, 5.41) is 9.29. The Morgan fingerprint density at radius 3 is 1.35 bits per heavy atom. The van der Waals surface area contributed by atoms with Crippen molar-refractivity contribution in [3.05, 3.63) is 203 Å². The van der Waals surface area contributed by atoms with Crippen LogP contribution in [0, 0.1) is 27.7 Å². The summed E-state index contributed by atoms with van der Waals surface area (Å²) < 4.78 is 22.6. The van der Waals surface area contributed by atoms with Gasteiger partial charge in [0.15, 0.2) is 11.4 Å². The second kappa shape index (κ2) is 12.6. The monoisotopic (exact) mass is 733 g/mol. The van der Waals surface area contributed by atoms with Gasteiger partial charge in [-0.15, -0.1) is 0 Å². The lowest BCUT2D eigenvalue weighted by Crippen LogP contribution is -2.39. The normalized spacial score (nSPS) is 13.8. The molecule has 270 valence electrons. The van der Waals surface area contributed by atoms with Crippen LogP contribution in [0.3, 0.4) is 0 Å². The van der Waals surface area contributed by atoms with E-state index >= 15 is 4.32 Å². The molecule has 0 saturated carbocycles. The summed E-state index contributed by atoms with van der Waals surface area (Å²) in [5.41, 5.74) is 14.5. The average molecular weight is 734 g/mol. The molecule has 0 bridgehead atoms. The van der Waals surface area contributed by atoms with Crippen LogP contribution in [0.1, 0.15) is 39.1 Å². The van der Waals surface area contributed by atoms with E-state index in [0.717, 1.165) is 77.7 Å². The van der Waals surface area contributed by atoms with Gasteiger partial charge < -0.3 is 0 Å². The van der Waals surface area contributed by atoms with Gasteiger partial charge in [0.05, 0.1) is 16.8 Å². The van der Waals surface area contributed by atoms with E-state index in [-0.39, 0.29) is 0 Å². The van der Waals surface area contributed by atoms with Crippen LogP contribution in [-0.4, -0.2) is 21.9 Å². The average Bonchev–Trinajstić information content (AvgIpc) is 3.81. The molecule has 0 atom stereocenters. The molecular weight excluding hydrogens is 694 g/mol. The van der Waals surface area contributed by atoms with Crippen LogP contribution in [0.2, 0.25) is 0 Å². The Hall–Kier alpha value is -6.78. The van der Waals surface area contributed by atoms with E-state index in [9.17, 15) is 0 Å². The van der Waals surface area contributed by atoms with Crippen LogP contribution in [-0.2, 0) is 0 Å². The Bertz CT molecular complexity index is 3310. The Balaban J connectivity index is 1.27. The van der Waals surface area contributed by atoms with Crippen LogP contribution in [0.15, 0.2) is 163 Å². The van der Waals surface area contributed by atoms with Gasteiger partial charge in [0.25, 0.3) is 0 Å². The lowest BCUT2D eigenvalue weighted by atomic mass is 9.89. The Kier molecular flexibility index (Phi) is 7.43. The number of rotatable bonds is 4. The van der Waals surface area contributed by atoms with Crippen LogP contribution < -0.4 is 0 Å². The molecule has 57 heavy (non-hydrogen) atoms. The topological polar surface area (TPSA) is 7.94 Å². The quantitative estimate of drug-likeness (QED) is 0.159. The van der Waals surface area contributed by atoms with Gasteiger partial charge in [0.2, 0.25) is 0 Å². The number of aromatic nitrogens is 1. The molecule has 2 aliphatic rings. The summed E-state index contributed by atoms with van der Waals surface area (Å²) in [6.07, 6.45) is 4.49. The summed E-state index contributed by atoms with van der Waals surface area (Å²) in [5.74, 6) is 0. The molecule has 0 unspecified atom stereocenters. The SMILES string of the molecule is Cc1ccc(C2=CC(c3ccc(C)c4ccccc34)=[N+]3B(F)n4c(-c5ccc(C)c6ccccc56)cc(-c5ccc(C)c6ccccc56)c4C=C23)c2ccccc12. The number of benzene rings is 8. The molecule has 2 aliphatic heterocycles. The van der Waals surface area contributed by atoms with E-state index < -0.39 is 7.26 Å². The number of fused-ring (bicyclic) bond motifs is 6. The van der Waals surface area contributed by atoms with Crippen molar-refractivity contribution in [2.24, 2.45) is 0 Å². The van der Waals surface area contributed by atoms with Crippen LogP contribution in [0.4, 0.5) is 4.32 Å². The number of hydrogen-bond donors (Lipinski definition) is 0. The van der Waals surface area contributed by atoms with E-state index in [4.69, 9.17) is 0 Å². The fourth-order valence-electron chi connectivity index (χ4n) is 9.64. The van der Waals surface area contributed by atoms with Gasteiger partial charge in [-0.3, -0.25) is 4.48 Å². The second-order valence-corrected chi connectivity index (χ2v) is 15.8. The fourth-order valence-corrected chi connectivity index (χ4v) is 9.64. The van der Waals surface area contributed by atoms with Gasteiger partial charge in [-0.05, 0) is 116 Å². The van der Waals surface area contributed by atoms with Gasteiger partial charge in [0.1, 0.15) is 0 Å². The minimum absolute atomic E-state index is 0.853. The number of halogens is 1. The van der Waals surface area contributed by atoms with Crippen molar-refractivity contribution in [2.75, 3.05) is 0 Å². The van der Waals surface area contributed by atoms with Crippen molar-refractivity contribution in [3.63, 3.8) is 0 Å². The highest BCUT2D eigenvalue weighted by molar-refractivity contribution is 6.46. The second-order valence-electron chi connectivity index (χ2n) is 15.8. The van der Waals surface area contributed by atoms with E-state index in [1.165, 1.54) is 43.8 Å². The van der Waals surface area contributed by atoms with Gasteiger partial charge in [0, 0.05) is 29.0 Å². The maximum absolute atomic E-state index is 18.7. The Morgan fingerprint density at radius 2 is 0.825 bits per heavy atom. The third-order valence-corrected chi connectivity index (χ3v) is 12.6. The van der Waals surface area contributed by atoms with Gasteiger partial charge >= 0.3 is 7.26 Å². The van der Waals surface area contributed by atoms with E-state index in [2.05, 4.69) is 192 Å². The van der Waals surface area contributed by atoms with Crippen molar-refractivity contribution >= 4 is 67.7 Å². The minimum atomic E-state index is -1.54. The van der Waals surface area contributed by atoms with Gasteiger partial charge in [-0.1, -0.05) is 140 Å². The van der Waals surface area contributed by atoms with E-state index in [0.29, 0.717) is 0 Å². The van der Waals surface area contributed by atoms with Crippen LogP contribution in [0.25, 0.3) is 77.1 Å². The zero-order chi connectivity index (χ0) is 38.5. The smallest absolute Gasteiger partial charge is 0.285 e. The Labute approximate surface area is 332 Å². The van der Waals surface area contributed by atoms with Crippen LogP contribution in [0.5, 0.6) is 0 Å². The molecule has 4 heteroatoms. The maximum Gasteiger partial charge on any atom is 0.846 e. The molecule has 9 aromatic rings. The number of aryl methyl sites for hydroxylation is 4. The third-order valence-electron chi connectivity index (χ3n) is 12.6. The molecule has 0 radical (unpaired) electrons. The van der Waals surface area contributed by atoms with E-state index in [1.54, 1.807) is 0 Å². The van der Waals surface area contributed by atoms with Gasteiger partial charge in [-0.2, -0.15) is 0 Å². The lowest BCUT2D eigenvalue weighted by molar-refractivity contribution is -0.331. The molecule has 11 rings (SSSR count). The first kappa shape index (κ1) is 33.6. The van der Waals surface area contributed by atoms with Crippen molar-refractivity contribution in [1.29, 1.82) is 0 Å². The minimum Gasteiger partial charge on any atom is -0.285 e. The molecular formula is C53H39BFN2+. The highest BCUT2D eigenvalue weighted by Crippen LogP contribution is 2.46. The third kappa shape index (κ3) is 4.93. The fraction of sp³-hybridized carbons (Fsp3) is 0.0755. The zero-order valence-electron chi connectivity index (χ0n) is 32.4. The predicted octanol–water partition coefficient (Wildman–Crippen LogP) is 13.4. The summed E-state index contributed by atoms with van der Waals surface area (Å²) in [4.78, 5) is 0. The summed E-state index contributed by atoms with van der Waals surface area (Å²) in [7, 11) is -1.54. The number of hydrogen-bond acceptors (Lipinski definition) is 0. The Morgan fingerprint density at radius 1 is 0.421 bits per heavy atom. The van der Waals surface area contributed by atoms with E-state index in [1.807, 2.05) is 8.96 Å². The molecule has 1 aromatic heterocycles. The van der Waals surface area contributed by atoms with Crippen molar-refractivity contribution in [2.45, 2.75) is 27.7 Å². The molecule has 0 saturated heterocycles. The summed E-state index contributed by atoms with van der Waals surface area (Å²) in [6.45, 7) is 8.62. The standard InChI is InChI=1S/C53H39BFN2/c1-32-21-25-44(40-17-9-5-13-36(32)40)48-29-50(46-27-23-34(3)38-15-7-11-19-42(38)46)56-52(48)31-53-49(45-26-22-33(2)37-14-6-10-18-41(37)45)30-51(57(53)54(56)55)47-28-24-35(4)39-16-8-12-20-43(39)47/h5-31H,1-4H3/q+1. The van der Waals surface area contributed by atoms with Crippen molar-refractivity contribution in [1.82, 2.24) is 4.48 Å². The number of nitrogens with zero attached hydrogens (tertiary/aromatic N) is 2. The largest absolute Gasteiger partial charge is 0.846 e. The van der Waals surface area contributed by atoms with Crippen molar-refractivity contribution < 1.29 is 8.80 Å². The molecule has 0 N–H and O–H groups in total. The molecule has 0 aliphatic carbocycles. The molecule has 2 nitrogen and oxygen atoms in total. The summed E-state index contributed by atoms with van der Waals surface area (Å²) >= 11 is 0. The summed E-state index contributed by atoms with van der Waals surface area (Å²) in [6, 6.07) is 54.0.